The van der Waals surface area contributed by atoms with E-state index < -0.39 is 12.1 Å². The molecule has 0 aromatic heterocycles. The highest BCUT2D eigenvalue weighted by Crippen LogP contribution is 2.34. The normalized spacial score (nSPS) is 28.0. The van der Waals surface area contributed by atoms with Crippen molar-refractivity contribution >= 4 is 0 Å². The van der Waals surface area contributed by atoms with Crippen molar-refractivity contribution in [3.8, 4) is 0 Å². The lowest BCUT2D eigenvalue weighted by Crippen LogP contribution is -2.42. The van der Waals surface area contributed by atoms with Gasteiger partial charge in [0, 0.05) is 19.8 Å². The van der Waals surface area contributed by atoms with Gasteiger partial charge in [0.15, 0.2) is 0 Å². The summed E-state index contributed by atoms with van der Waals surface area (Å²) >= 11 is 0. The Bertz CT molecular complexity index is 184. The molecule has 5 heteroatoms. The van der Waals surface area contributed by atoms with E-state index in [1.165, 1.54) is 0 Å². The van der Waals surface area contributed by atoms with E-state index in [1.54, 1.807) is 7.11 Å². The van der Waals surface area contributed by atoms with E-state index in [1.807, 2.05) is 0 Å². The van der Waals surface area contributed by atoms with Crippen LogP contribution in [-0.4, -0.2) is 32.5 Å². The maximum absolute atomic E-state index is 12.5. The molecule has 2 unspecified atom stereocenters. The second kappa shape index (κ2) is 5.70. The molecule has 0 radical (unpaired) electrons. The van der Waals surface area contributed by atoms with Gasteiger partial charge in [0.1, 0.15) is 0 Å². The van der Waals surface area contributed by atoms with Crippen LogP contribution >= 0.6 is 0 Å². The molecule has 1 saturated heterocycles. The third-order valence-electron chi connectivity index (χ3n) is 2.86. The van der Waals surface area contributed by atoms with E-state index in [-0.39, 0.29) is 18.9 Å². The van der Waals surface area contributed by atoms with Crippen molar-refractivity contribution in [3.05, 3.63) is 0 Å². The molecule has 0 aromatic rings. The first kappa shape index (κ1) is 12.8. The molecule has 0 aromatic carbocycles. The third kappa shape index (κ3) is 4.38. The summed E-state index contributed by atoms with van der Waals surface area (Å²) in [5, 5.41) is 3.12. The molecule has 0 saturated carbocycles. The lowest BCUT2D eigenvalue weighted by molar-refractivity contribution is -0.183. The van der Waals surface area contributed by atoms with Crippen LogP contribution < -0.4 is 5.32 Å². The fraction of sp³-hybridized carbons (Fsp3) is 1.00. The number of alkyl halides is 3. The topological polar surface area (TPSA) is 21.3 Å². The number of piperidine rings is 1. The lowest BCUT2D eigenvalue weighted by atomic mass is 9.90. The fourth-order valence-corrected chi connectivity index (χ4v) is 2.00. The van der Waals surface area contributed by atoms with Crippen molar-refractivity contribution in [2.24, 2.45) is 5.92 Å². The van der Waals surface area contributed by atoms with Crippen molar-refractivity contribution in [1.29, 1.82) is 0 Å². The summed E-state index contributed by atoms with van der Waals surface area (Å²) in [6, 6.07) is 0.000486. The summed E-state index contributed by atoms with van der Waals surface area (Å²) in [6.07, 6.45) is -2.02. The average molecular weight is 225 g/mol. The lowest BCUT2D eigenvalue weighted by Gasteiger charge is -2.31. The maximum Gasteiger partial charge on any atom is 0.391 e. The summed E-state index contributed by atoms with van der Waals surface area (Å²) in [5.41, 5.74) is 0. The Morgan fingerprint density at radius 2 is 2.13 bits per heavy atom. The van der Waals surface area contributed by atoms with Gasteiger partial charge in [-0.1, -0.05) is 0 Å². The molecule has 1 N–H and O–H groups in total. The Balaban J connectivity index is 2.29. The molecular weight excluding hydrogens is 207 g/mol. The van der Waals surface area contributed by atoms with E-state index in [9.17, 15) is 13.2 Å². The smallest absolute Gasteiger partial charge is 0.385 e. The third-order valence-corrected chi connectivity index (χ3v) is 2.86. The van der Waals surface area contributed by atoms with E-state index in [0.29, 0.717) is 13.2 Å². The quantitative estimate of drug-likeness (QED) is 0.741. The Hall–Kier alpha value is -0.290. The second-order valence-corrected chi connectivity index (χ2v) is 4.05. The summed E-state index contributed by atoms with van der Waals surface area (Å²) in [6.45, 7) is 1.09. The first-order chi connectivity index (χ1) is 7.04. The van der Waals surface area contributed by atoms with Gasteiger partial charge >= 0.3 is 6.18 Å². The molecule has 1 rings (SSSR count). The molecule has 0 amide bonds. The standard InChI is InChI=1S/C10H18F3NO/c1-15-6-2-3-9-7-8(4-5-14-9)10(11,12)13/h8-9,14H,2-7H2,1H3. The highest BCUT2D eigenvalue weighted by atomic mass is 19.4. The molecule has 1 heterocycles. The number of hydrogen-bond donors (Lipinski definition) is 1. The molecule has 0 aliphatic carbocycles. The van der Waals surface area contributed by atoms with Gasteiger partial charge < -0.3 is 10.1 Å². The van der Waals surface area contributed by atoms with Gasteiger partial charge in [0.25, 0.3) is 0 Å². The highest BCUT2D eigenvalue weighted by Gasteiger charge is 2.41. The van der Waals surface area contributed by atoms with Crippen LogP contribution in [0.4, 0.5) is 13.2 Å². The Morgan fingerprint density at radius 3 is 2.73 bits per heavy atom. The van der Waals surface area contributed by atoms with E-state index in [2.05, 4.69) is 5.32 Å². The fourth-order valence-electron chi connectivity index (χ4n) is 2.00. The van der Waals surface area contributed by atoms with Crippen molar-refractivity contribution in [2.75, 3.05) is 20.3 Å². The number of ether oxygens (including phenoxy) is 1. The van der Waals surface area contributed by atoms with Gasteiger partial charge in [-0.3, -0.25) is 0 Å². The highest BCUT2D eigenvalue weighted by molar-refractivity contribution is 4.81. The Morgan fingerprint density at radius 1 is 1.40 bits per heavy atom. The molecule has 90 valence electrons. The maximum atomic E-state index is 12.5. The minimum absolute atomic E-state index is 0.000486. The van der Waals surface area contributed by atoms with Gasteiger partial charge in [0.2, 0.25) is 0 Å². The van der Waals surface area contributed by atoms with Crippen LogP contribution in [0.2, 0.25) is 0 Å². The summed E-state index contributed by atoms with van der Waals surface area (Å²) in [5.74, 6) is -1.12. The van der Waals surface area contributed by atoms with Crippen LogP contribution in [0.3, 0.4) is 0 Å². The molecule has 2 atom stereocenters. The van der Waals surface area contributed by atoms with Crippen LogP contribution in [0, 0.1) is 5.92 Å². The van der Waals surface area contributed by atoms with Crippen LogP contribution in [0.15, 0.2) is 0 Å². The first-order valence-corrected chi connectivity index (χ1v) is 5.33. The zero-order chi connectivity index (χ0) is 11.3. The van der Waals surface area contributed by atoms with Gasteiger partial charge in [-0.05, 0) is 32.2 Å². The number of halogens is 3. The van der Waals surface area contributed by atoms with E-state index in [4.69, 9.17) is 4.74 Å². The molecule has 1 fully saturated rings. The minimum Gasteiger partial charge on any atom is -0.385 e. The predicted octanol–water partition coefficient (Wildman–Crippen LogP) is 2.34. The van der Waals surface area contributed by atoms with Crippen molar-refractivity contribution in [1.82, 2.24) is 5.32 Å². The van der Waals surface area contributed by atoms with Gasteiger partial charge in [-0.25, -0.2) is 0 Å². The van der Waals surface area contributed by atoms with E-state index >= 15 is 0 Å². The van der Waals surface area contributed by atoms with Gasteiger partial charge in [0.05, 0.1) is 5.92 Å². The summed E-state index contributed by atoms with van der Waals surface area (Å²) in [4.78, 5) is 0. The van der Waals surface area contributed by atoms with Gasteiger partial charge in [-0.15, -0.1) is 0 Å². The van der Waals surface area contributed by atoms with Crippen LogP contribution in [0.5, 0.6) is 0 Å². The first-order valence-electron chi connectivity index (χ1n) is 5.33. The molecule has 0 bridgehead atoms. The SMILES string of the molecule is COCCCC1CC(C(F)(F)F)CCN1. The zero-order valence-electron chi connectivity index (χ0n) is 8.94. The summed E-state index contributed by atoms with van der Waals surface area (Å²) in [7, 11) is 1.60. The molecule has 15 heavy (non-hydrogen) atoms. The molecular formula is C10H18F3NO. The molecule has 1 aliphatic rings. The monoisotopic (exact) mass is 225 g/mol. The van der Waals surface area contributed by atoms with Gasteiger partial charge in [-0.2, -0.15) is 13.2 Å². The molecule has 1 aliphatic heterocycles. The zero-order valence-corrected chi connectivity index (χ0v) is 8.94. The largest absolute Gasteiger partial charge is 0.391 e. The molecule has 0 spiro atoms. The predicted molar refractivity (Wildman–Crippen MR) is 51.7 cm³/mol. The van der Waals surface area contributed by atoms with Crippen LogP contribution in [-0.2, 0) is 4.74 Å². The van der Waals surface area contributed by atoms with E-state index in [0.717, 1.165) is 12.8 Å². The number of rotatable bonds is 4. The Kier molecular flexibility index (Phi) is 4.86. The van der Waals surface area contributed by atoms with Crippen LogP contribution in [0.25, 0.3) is 0 Å². The number of methoxy groups -OCH3 is 1. The van der Waals surface area contributed by atoms with Crippen molar-refractivity contribution in [3.63, 3.8) is 0 Å². The van der Waals surface area contributed by atoms with Crippen molar-refractivity contribution < 1.29 is 17.9 Å². The average Bonchev–Trinajstić information content (AvgIpc) is 2.17. The number of hydrogen-bond acceptors (Lipinski definition) is 2. The summed E-state index contributed by atoms with van der Waals surface area (Å²) < 4.78 is 42.2. The number of nitrogens with one attached hydrogen (secondary N) is 1. The van der Waals surface area contributed by atoms with Crippen LogP contribution in [0.1, 0.15) is 25.7 Å². The molecule has 2 nitrogen and oxygen atoms in total. The Labute approximate surface area is 88.2 Å². The second-order valence-electron chi connectivity index (χ2n) is 4.05. The van der Waals surface area contributed by atoms with Crippen molar-refractivity contribution in [2.45, 2.75) is 37.9 Å². The minimum atomic E-state index is -4.03.